The summed E-state index contributed by atoms with van der Waals surface area (Å²) in [7, 11) is 2.19. The number of nitrogens with zero attached hydrogens (tertiary/aromatic N) is 5. The van der Waals surface area contributed by atoms with Crippen molar-refractivity contribution in [1.82, 2.24) is 24.8 Å². The predicted molar refractivity (Wildman–Crippen MR) is 90.4 cm³/mol. The van der Waals surface area contributed by atoms with Crippen molar-refractivity contribution in [3.63, 3.8) is 0 Å². The number of rotatable bonds is 7. The zero-order valence-corrected chi connectivity index (χ0v) is 14.6. The first-order valence-corrected chi connectivity index (χ1v) is 9.65. The molecule has 0 radical (unpaired) electrons. The van der Waals surface area contributed by atoms with Gasteiger partial charge in [0.1, 0.15) is 0 Å². The first kappa shape index (κ1) is 16.8. The third kappa shape index (κ3) is 5.61. The molecule has 6 nitrogen and oxygen atoms in total. The molecule has 1 aromatic rings. The molecule has 0 amide bonds. The molecule has 1 aromatic heterocycles. The minimum Gasteiger partial charge on any atom is -0.354 e. The van der Waals surface area contributed by atoms with E-state index in [9.17, 15) is 0 Å². The largest absolute Gasteiger partial charge is 0.354 e. The van der Waals surface area contributed by atoms with E-state index in [4.69, 9.17) is 0 Å². The van der Waals surface area contributed by atoms with Gasteiger partial charge in [0, 0.05) is 32.7 Å². The van der Waals surface area contributed by atoms with Crippen molar-refractivity contribution in [2.45, 2.75) is 16.7 Å². The maximum atomic E-state index is 4.39. The maximum Gasteiger partial charge on any atom is 0.227 e. The van der Waals surface area contributed by atoms with E-state index in [1.54, 1.807) is 23.5 Å². The van der Waals surface area contributed by atoms with Crippen molar-refractivity contribution in [1.29, 1.82) is 0 Å². The van der Waals surface area contributed by atoms with Crippen molar-refractivity contribution >= 4 is 29.5 Å². The Labute approximate surface area is 135 Å². The molecule has 2 heterocycles. The lowest BCUT2D eigenvalue weighted by Crippen LogP contribution is -2.44. The normalized spacial score (nSPS) is 17.1. The standard InChI is InChI=1S/C13H24N6S2/c1-18-7-9-19(10-8-18)6-4-5-14-11-15-12(20-2)17-13(16-11)21-3/h4-10H2,1-3H3,(H,14,15,16,17). The Morgan fingerprint density at radius 3 is 2.19 bits per heavy atom. The van der Waals surface area contributed by atoms with Gasteiger partial charge in [0.25, 0.3) is 0 Å². The van der Waals surface area contributed by atoms with Gasteiger partial charge in [-0.05, 0) is 32.5 Å². The lowest BCUT2D eigenvalue weighted by Gasteiger charge is -2.32. The first-order chi connectivity index (χ1) is 10.2. The lowest BCUT2D eigenvalue weighted by molar-refractivity contribution is 0.154. The lowest BCUT2D eigenvalue weighted by atomic mass is 10.3. The van der Waals surface area contributed by atoms with Crippen molar-refractivity contribution in [2.75, 3.05) is 64.1 Å². The van der Waals surface area contributed by atoms with E-state index in [0.29, 0.717) is 5.95 Å². The third-order valence-electron chi connectivity index (χ3n) is 3.49. The molecule has 0 aromatic carbocycles. The summed E-state index contributed by atoms with van der Waals surface area (Å²) in [6.07, 6.45) is 5.08. The van der Waals surface area contributed by atoms with Crippen molar-refractivity contribution in [3.8, 4) is 0 Å². The van der Waals surface area contributed by atoms with Crippen LogP contribution in [-0.4, -0.2) is 83.6 Å². The fourth-order valence-electron chi connectivity index (χ4n) is 2.17. The number of thioether (sulfide) groups is 2. The molecule has 1 aliphatic heterocycles. The molecule has 1 aliphatic rings. The number of nitrogens with one attached hydrogen (secondary N) is 1. The van der Waals surface area contributed by atoms with Gasteiger partial charge in [-0.2, -0.15) is 15.0 Å². The van der Waals surface area contributed by atoms with Crippen molar-refractivity contribution < 1.29 is 0 Å². The Morgan fingerprint density at radius 1 is 1.00 bits per heavy atom. The predicted octanol–water partition coefficient (Wildman–Crippen LogP) is 1.36. The molecule has 0 atom stereocenters. The summed E-state index contributed by atoms with van der Waals surface area (Å²) in [5.41, 5.74) is 0. The highest BCUT2D eigenvalue weighted by Gasteiger charge is 2.12. The molecule has 0 bridgehead atoms. The van der Waals surface area contributed by atoms with E-state index in [1.807, 2.05) is 12.5 Å². The van der Waals surface area contributed by atoms with Crippen LogP contribution in [0, 0.1) is 0 Å². The monoisotopic (exact) mass is 328 g/mol. The van der Waals surface area contributed by atoms with Gasteiger partial charge in [-0.25, -0.2) is 0 Å². The summed E-state index contributed by atoms with van der Waals surface area (Å²) >= 11 is 3.09. The second-order valence-corrected chi connectivity index (χ2v) is 6.60. The molecule has 0 saturated carbocycles. The summed E-state index contributed by atoms with van der Waals surface area (Å²) in [6.45, 7) is 6.74. The molecule has 21 heavy (non-hydrogen) atoms. The van der Waals surface area contributed by atoms with E-state index in [0.717, 1.165) is 29.8 Å². The number of aromatic nitrogens is 3. The number of hydrogen-bond donors (Lipinski definition) is 1. The van der Waals surface area contributed by atoms with E-state index in [-0.39, 0.29) is 0 Å². The third-order valence-corrected chi connectivity index (χ3v) is 4.59. The second-order valence-electron chi connectivity index (χ2n) is 5.06. The number of likely N-dealkylation sites (N-methyl/N-ethyl adjacent to an activating group) is 1. The Morgan fingerprint density at radius 2 is 1.62 bits per heavy atom. The van der Waals surface area contributed by atoms with Gasteiger partial charge in [-0.1, -0.05) is 23.5 Å². The molecule has 0 aliphatic carbocycles. The van der Waals surface area contributed by atoms with Gasteiger partial charge >= 0.3 is 0 Å². The van der Waals surface area contributed by atoms with Gasteiger partial charge in [0.05, 0.1) is 0 Å². The van der Waals surface area contributed by atoms with Crippen LogP contribution in [0.1, 0.15) is 6.42 Å². The van der Waals surface area contributed by atoms with Crippen LogP contribution < -0.4 is 5.32 Å². The SMILES string of the molecule is CSc1nc(NCCCN2CCN(C)CC2)nc(SC)n1. The maximum absolute atomic E-state index is 4.39. The van der Waals surface area contributed by atoms with Crippen molar-refractivity contribution in [3.05, 3.63) is 0 Å². The number of anilines is 1. The van der Waals surface area contributed by atoms with Crippen LogP contribution in [0.3, 0.4) is 0 Å². The van der Waals surface area contributed by atoms with Gasteiger partial charge < -0.3 is 15.1 Å². The summed E-state index contributed by atoms with van der Waals surface area (Å²) in [5.74, 6) is 0.692. The van der Waals surface area contributed by atoms with Crippen LogP contribution in [0.4, 0.5) is 5.95 Å². The van der Waals surface area contributed by atoms with Crippen LogP contribution in [-0.2, 0) is 0 Å². The highest BCUT2D eigenvalue weighted by atomic mass is 32.2. The average molecular weight is 329 g/mol. The van der Waals surface area contributed by atoms with Crippen LogP contribution in [0.5, 0.6) is 0 Å². The van der Waals surface area contributed by atoms with E-state index < -0.39 is 0 Å². The molecule has 0 spiro atoms. The van der Waals surface area contributed by atoms with Gasteiger partial charge in [-0.3, -0.25) is 0 Å². The summed E-state index contributed by atoms with van der Waals surface area (Å²) in [5, 5.41) is 4.86. The summed E-state index contributed by atoms with van der Waals surface area (Å²) in [6, 6.07) is 0. The van der Waals surface area contributed by atoms with E-state index in [1.165, 1.54) is 26.2 Å². The second kappa shape index (κ2) is 8.77. The zero-order valence-electron chi connectivity index (χ0n) is 13.0. The molecule has 118 valence electrons. The highest BCUT2D eigenvalue weighted by Crippen LogP contribution is 2.16. The van der Waals surface area contributed by atoms with Crippen LogP contribution in [0.25, 0.3) is 0 Å². The summed E-state index contributed by atoms with van der Waals surface area (Å²) < 4.78 is 0. The molecule has 1 fully saturated rings. The Kier molecular flexibility index (Phi) is 7.01. The first-order valence-electron chi connectivity index (χ1n) is 7.20. The van der Waals surface area contributed by atoms with Crippen LogP contribution >= 0.6 is 23.5 Å². The van der Waals surface area contributed by atoms with Gasteiger partial charge in [0.15, 0.2) is 10.3 Å². The Balaban J connectivity index is 1.73. The average Bonchev–Trinajstić information content (AvgIpc) is 2.53. The van der Waals surface area contributed by atoms with Crippen LogP contribution in [0.2, 0.25) is 0 Å². The zero-order chi connectivity index (χ0) is 15.1. The number of hydrogen-bond acceptors (Lipinski definition) is 8. The molecule has 1 saturated heterocycles. The molecule has 1 N–H and O–H groups in total. The molecular formula is C13H24N6S2. The molecule has 2 rings (SSSR count). The quantitative estimate of drug-likeness (QED) is 0.595. The van der Waals surface area contributed by atoms with Gasteiger partial charge in [0.2, 0.25) is 5.95 Å². The Hall–Kier alpha value is -0.570. The Bertz CT molecular complexity index is 414. The minimum absolute atomic E-state index is 0.692. The fraction of sp³-hybridized carbons (Fsp3) is 0.769. The molecule has 8 heteroatoms. The smallest absolute Gasteiger partial charge is 0.227 e. The molecule has 0 unspecified atom stereocenters. The fourth-order valence-corrected chi connectivity index (χ4v) is 2.94. The minimum atomic E-state index is 0.692. The highest BCUT2D eigenvalue weighted by molar-refractivity contribution is 7.99. The van der Waals surface area contributed by atoms with Crippen LogP contribution in [0.15, 0.2) is 10.3 Å². The summed E-state index contributed by atoms with van der Waals surface area (Å²) in [4.78, 5) is 18.0. The number of piperazine rings is 1. The van der Waals surface area contributed by atoms with E-state index >= 15 is 0 Å². The van der Waals surface area contributed by atoms with Gasteiger partial charge in [-0.15, -0.1) is 0 Å². The topological polar surface area (TPSA) is 57.2 Å². The molecular weight excluding hydrogens is 304 g/mol. The van der Waals surface area contributed by atoms with E-state index in [2.05, 4.69) is 37.1 Å². The van der Waals surface area contributed by atoms with Crippen molar-refractivity contribution in [2.24, 2.45) is 0 Å².